The molecule has 0 atom stereocenters. The second-order valence-corrected chi connectivity index (χ2v) is 13.4. The number of nitrogens with zero attached hydrogens (tertiary/aromatic N) is 4. The van der Waals surface area contributed by atoms with Gasteiger partial charge in [-0.2, -0.15) is 0 Å². The summed E-state index contributed by atoms with van der Waals surface area (Å²) in [5.74, 6) is 0.721. The van der Waals surface area contributed by atoms with Gasteiger partial charge in [0.1, 0.15) is 0 Å². The monoisotopic (exact) mass is 662 g/mol. The first-order valence-corrected chi connectivity index (χ1v) is 17.7. The summed E-state index contributed by atoms with van der Waals surface area (Å²) < 4.78 is 4.82. The molecule has 0 aliphatic heterocycles. The number of aromatic nitrogens is 4. The van der Waals surface area contributed by atoms with Gasteiger partial charge in [-0.3, -0.25) is 0 Å². The summed E-state index contributed by atoms with van der Waals surface area (Å²) in [5, 5.41) is 8.40. The fourth-order valence-electron chi connectivity index (χ4n) is 8.19. The van der Waals surface area contributed by atoms with E-state index in [1.54, 1.807) is 0 Å². The van der Waals surface area contributed by atoms with Gasteiger partial charge in [0.25, 0.3) is 0 Å². The Kier molecular flexibility index (Phi) is 6.22. The second kappa shape index (κ2) is 11.2. The topological polar surface area (TPSA) is 35.6 Å². The maximum absolute atomic E-state index is 5.16. The average molecular weight is 663 g/mol. The van der Waals surface area contributed by atoms with Crippen LogP contribution in [0, 0.1) is 0 Å². The van der Waals surface area contributed by atoms with Crippen LogP contribution in [0.2, 0.25) is 0 Å². The minimum absolute atomic E-state index is 0.721. The van der Waals surface area contributed by atoms with Gasteiger partial charge in [0.2, 0.25) is 0 Å². The molecule has 0 aliphatic rings. The van der Waals surface area contributed by atoms with E-state index in [9.17, 15) is 0 Å². The lowest BCUT2D eigenvalue weighted by Crippen LogP contribution is -1.96. The van der Waals surface area contributed by atoms with Gasteiger partial charge in [-0.25, -0.2) is 9.97 Å². The standard InChI is InChI=1S/C48H30N4/c1-3-13-32(14-4-1)47-37-17-7-10-20-40(37)49-48(50-47)33-24-23-31-25-26-36(30-34(31)29-33)52-42-22-12-9-19-39(42)46-44(52)28-27-43-45(46)38-18-8-11-21-41(38)51(43)35-15-5-2-6-16-35/h1-30H. The minimum atomic E-state index is 0.721. The van der Waals surface area contributed by atoms with E-state index in [2.05, 4.69) is 179 Å². The Morgan fingerprint density at radius 1 is 0.346 bits per heavy atom. The Bertz CT molecular complexity index is 3170. The highest BCUT2D eigenvalue weighted by atomic mass is 15.0. The molecule has 3 aromatic heterocycles. The smallest absolute Gasteiger partial charge is 0.160 e. The summed E-state index contributed by atoms with van der Waals surface area (Å²) >= 11 is 0. The van der Waals surface area contributed by atoms with Crippen molar-refractivity contribution in [1.29, 1.82) is 0 Å². The molecule has 11 rings (SSSR count). The van der Waals surface area contributed by atoms with Gasteiger partial charge in [-0.05, 0) is 71.4 Å². The van der Waals surface area contributed by atoms with E-state index in [-0.39, 0.29) is 0 Å². The summed E-state index contributed by atoms with van der Waals surface area (Å²) in [5.41, 5.74) is 11.0. The first-order chi connectivity index (χ1) is 25.8. The third-order valence-electron chi connectivity index (χ3n) is 10.5. The summed E-state index contributed by atoms with van der Waals surface area (Å²) in [6.45, 7) is 0. The molecule has 4 nitrogen and oxygen atoms in total. The van der Waals surface area contributed by atoms with Crippen molar-refractivity contribution < 1.29 is 0 Å². The molecule has 0 aliphatic carbocycles. The molecule has 11 aromatic rings. The van der Waals surface area contributed by atoms with Gasteiger partial charge < -0.3 is 9.13 Å². The van der Waals surface area contributed by atoms with Crippen molar-refractivity contribution in [3.8, 4) is 34.0 Å². The van der Waals surface area contributed by atoms with Gasteiger partial charge in [0, 0.05) is 49.4 Å². The molecule has 0 fully saturated rings. The largest absolute Gasteiger partial charge is 0.309 e. The van der Waals surface area contributed by atoms with Crippen LogP contribution >= 0.6 is 0 Å². The van der Waals surface area contributed by atoms with Crippen molar-refractivity contribution in [2.75, 3.05) is 0 Å². The van der Waals surface area contributed by atoms with Crippen molar-refractivity contribution >= 4 is 65.3 Å². The molecule has 242 valence electrons. The summed E-state index contributed by atoms with van der Waals surface area (Å²) in [7, 11) is 0. The van der Waals surface area contributed by atoms with Crippen LogP contribution in [0.25, 0.3) is 99.3 Å². The van der Waals surface area contributed by atoms with Crippen LogP contribution in [0.15, 0.2) is 182 Å². The maximum atomic E-state index is 5.16. The van der Waals surface area contributed by atoms with Gasteiger partial charge >= 0.3 is 0 Å². The van der Waals surface area contributed by atoms with Crippen molar-refractivity contribution in [3.05, 3.63) is 182 Å². The highest BCUT2D eigenvalue weighted by Gasteiger charge is 2.20. The quantitative estimate of drug-likeness (QED) is 0.188. The molecular weight excluding hydrogens is 633 g/mol. The summed E-state index contributed by atoms with van der Waals surface area (Å²) in [6.07, 6.45) is 0. The number of hydrogen-bond donors (Lipinski definition) is 0. The Hall–Kier alpha value is -7.04. The lowest BCUT2D eigenvalue weighted by atomic mass is 10.0. The number of fused-ring (bicyclic) bond motifs is 9. The highest BCUT2D eigenvalue weighted by Crippen LogP contribution is 2.42. The molecule has 0 unspecified atom stereocenters. The first kappa shape index (κ1) is 28.8. The van der Waals surface area contributed by atoms with Crippen LogP contribution in [0.1, 0.15) is 0 Å². The SMILES string of the molecule is c1ccc(-c2nc(-c3ccc4ccc(-n5c6ccccc6c6c7c8ccccc8n(-c8ccccc8)c7ccc65)cc4c3)nc3ccccc23)cc1. The predicted molar refractivity (Wildman–Crippen MR) is 217 cm³/mol. The van der Waals surface area contributed by atoms with E-state index in [4.69, 9.17) is 9.97 Å². The first-order valence-electron chi connectivity index (χ1n) is 17.7. The third-order valence-corrected chi connectivity index (χ3v) is 10.5. The van der Waals surface area contributed by atoms with Crippen LogP contribution in [0.3, 0.4) is 0 Å². The van der Waals surface area contributed by atoms with Gasteiger partial charge in [0.05, 0.1) is 33.3 Å². The van der Waals surface area contributed by atoms with E-state index in [0.717, 1.165) is 50.3 Å². The minimum Gasteiger partial charge on any atom is -0.309 e. The molecule has 0 N–H and O–H groups in total. The van der Waals surface area contributed by atoms with Crippen LogP contribution in [0.5, 0.6) is 0 Å². The Morgan fingerprint density at radius 3 is 1.63 bits per heavy atom. The van der Waals surface area contributed by atoms with Crippen molar-refractivity contribution in [1.82, 2.24) is 19.1 Å². The molecule has 0 spiro atoms. The van der Waals surface area contributed by atoms with Gasteiger partial charge in [-0.1, -0.05) is 121 Å². The molecule has 52 heavy (non-hydrogen) atoms. The van der Waals surface area contributed by atoms with Gasteiger partial charge in [0.15, 0.2) is 5.82 Å². The number of rotatable bonds is 4. The van der Waals surface area contributed by atoms with Crippen LogP contribution in [-0.2, 0) is 0 Å². The molecule has 4 heteroatoms. The number of hydrogen-bond acceptors (Lipinski definition) is 2. The van der Waals surface area contributed by atoms with E-state index in [1.165, 1.54) is 49.0 Å². The number of benzene rings is 8. The van der Waals surface area contributed by atoms with Crippen molar-refractivity contribution in [3.63, 3.8) is 0 Å². The highest BCUT2D eigenvalue weighted by molar-refractivity contribution is 6.29. The van der Waals surface area contributed by atoms with E-state index < -0.39 is 0 Å². The van der Waals surface area contributed by atoms with Crippen LogP contribution in [-0.4, -0.2) is 19.1 Å². The second-order valence-electron chi connectivity index (χ2n) is 13.4. The molecule has 0 radical (unpaired) electrons. The van der Waals surface area contributed by atoms with E-state index in [0.29, 0.717) is 0 Å². The zero-order valence-electron chi connectivity index (χ0n) is 28.1. The van der Waals surface area contributed by atoms with Gasteiger partial charge in [-0.15, -0.1) is 0 Å². The Morgan fingerprint density at radius 2 is 0.923 bits per heavy atom. The summed E-state index contributed by atoms with van der Waals surface area (Å²) in [6, 6.07) is 64.8. The lowest BCUT2D eigenvalue weighted by Gasteiger charge is -2.12. The van der Waals surface area contributed by atoms with E-state index in [1.807, 2.05) is 12.1 Å². The fraction of sp³-hybridized carbons (Fsp3) is 0. The zero-order chi connectivity index (χ0) is 34.2. The van der Waals surface area contributed by atoms with E-state index >= 15 is 0 Å². The van der Waals surface area contributed by atoms with Crippen LogP contribution in [0.4, 0.5) is 0 Å². The molecule has 0 saturated carbocycles. The normalized spacial score (nSPS) is 11.8. The molecule has 0 bridgehead atoms. The third kappa shape index (κ3) is 4.28. The fourth-order valence-corrected chi connectivity index (χ4v) is 8.19. The average Bonchev–Trinajstić information content (AvgIpc) is 3.73. The molecule has 0 saturated heterocycles. The van der Waals surface area contributed by atoms with Crippen molar-refractivity contribution in [2.24, 2.45) is 0 Å². The lowest BCUT2D eigenvalue weighted by molar-refractivity contribution is 1.17. The summed E-state index contributed by atoms with van der Waals surface area (Å²) in [4.78, 5) is 10.2. The molecule has 8 aromatic carbocycles. The predicted octanol–water partition coefficient (Wildman–Crippen LogP) is 12.3. The maximum Gasteiger partial charge on any atom is 0.160 e. The molecule has 0 amide bonds. The Balaban J connectivity index is 1.14. The molecule has 3 heterocycles. The Labute approximate surface area is 299 Å². The molecular formula is C48H30N4. The van der Waals surface area contributed by atoms with Crippen LogP contribution < -0.4 is 0 Å². The van der Waals surface area contributed by atoms with Crippen molar-refractivity contribution in [2.45, 2.75) is 0 Å². The number of para-hydroxylation sites is 4. The zero-order valence-corrected chi connectivity index (χ0v) is 28.1.